The van der Waals surface area contributed by atoms with E-state index in [0.717, 1.165) is 22.8 Å². The van der Waals surface area contributed by atoms with Crippen LogP contribution in [0.1, 0.15) is 41.4 Å². The second kappa shape index (κ2) is 5.56. The Labute approximate surface area is 141 Å². The van der Waals surface area contributed by atoms with Gasteiger partial charge in [0.1, 0.15) is 0 Å². The molecule has 1 aromatic carbocycles. The molecule has 1 N–H and O–H groups in total. The lowest BCUT2D eigenvalue weighted by molar-refractivity contribution is -0.137. The Kier molecular flexibility index (Phi) is 3.87. The first-order valence-corrected chi connectivity index (χ1v) is 7.66. The van der Waals surface area contributed by atoms with E-state index >= 15 is 0 Å². The summed E-state index contributed by atoms with van der Waals surface area (Å²) in [5.74, 6) is -0.455. The van der Waals surface area contributed by atoms with Crippen molar-refractivity contribution in [3.63, 3.8) is 0 Å². The van der Waals surface area contributed by atoms with Crippen molar-refractivity contribution in [1.29, 1.82) is 0 Å². The molecule has 0 aliphatic heterocycles. The molecule has 0 saturated carbocycles. The number of hydrogen-bond donors (Lipinski definition) is 1. The molecule has 25 heavy (non-hydrogen) atoms. The van der Waals surface area contributed by atoms with Crippen LogP contribution in [0.25, 0.3) is 0 Å². The maximum atomic E-state index is 13.1. The summed E-state index contributed by atoms with van der Waals surface area (Å²) < 4.78 is 40.5. The summed E-state index contributed by atoms with van der Waals surface area (Å²) in [5, 5.41) is 10.7. The second-order valence-electron chi connectivity index (χ2n) is 6.69. The van der Waals surface area contributed by atoms with Gasteiger partial charge in [-0.1, -0.05) is 12.1 Å². The molecule has 0 amide bonds. The molecule has 0 bridgehead atoms. The van der Waals surface area contributed by atoms with Gasteiger partial charge in [0.2, 0.25) is 0 Å². The highest BCUT2D eigenvalue weighted by Crippen LogP contribution is 2.44. The van der Waals surface area contributed by atoms with Crippen molar-refractivity contribution in [2.75, 3.05) is 0 Å². The first-order valence-electron chi connectivity index (χ1n) is 7.66. The number of carbonyl (C=O) groups is 1. The minimum atomic E-state index is -4.60. The van der Waals surface area contributed by atoms with Gasteiger partial charge in [0.15, 0.2) is 5.78 Å². The maximum Gasteiger partial charge on any atom is 0.416 e. The topological polar surface area (TPSA) is 59.3 Å². The van der Waals surface area contributed by atoms with Crippen molar-refractivity contribution in [3.8, 4) is 0 Å². The third kappa shape index (κ3) is 2.68. The number of fused-ring (bicyclic) bond motifs is 1. The van der Waals surface area contributed by atoms with E-state index in [0.29, 0.717) is 0 Å². The lowest BCUT2D eigenvalue weighted by Gasteiger charge is -2.41. The number of aliphatic hydroxyl groups excluding tert-OH is 1. The summed E-state index contributed by atoms with van der Waals surface area (Å²) in [7, 11) is 0. The van der Waals surface area contributed by atoms with Gasteiger partial charge < -0.3 is 9.67 Å². The van der Waals surface area contributed by atoms with Gasteiger partial charge in [-0.2, -0.15) is 13.2 Å². The van der Waals surface area contributed by atoms with Crippen LogP contribution in [0, 0.1) is 5.41 Å². The quantitative estimate of drug-likeness (QED) is 0.859. The lowest BCUT2D eigenvalue weighted by atomic mass is 9.68. The SMILES string of the molecule is CC1(C)C(=O)c2ccc(C(F)(F)F)cc2[C@@H](n2ccccc2=O)[C@@H]1O. The maximum absolute atomic E-state index is 13.1. The number of benzene rings is 1. The zero-order valence-corrected chi connectivity index (χ0v) is 13.5. The minimum Gasteiger partial charge on any atom is -0.390 e. The van der Waals surface area contributed by atoms with Gasteiger partial charge >= 0.3 is 6.18 Å². The number of carbonyl (C=O) groups excluding carboxylic acids is 1. The summed E-state index contributed by atoms with van der Waals surface area (Å²) in [6.45, 7) is 3.03. The monoisotopic (exact) mass is 351 g/mol. The van der Waals surface area contributed by atoms with Crippen LogP contribution < -0.4 is 5.56 Å². The average molecular weight is 351 g/mol. The Morgan fingerprint density at radius 2 is 1.80 bits per heavy atom. The molecule has 4 nitrogen and oxygen atoms in total. The number of nitrogens with zero attached hydrogens (tertiary/aromatic N) is 1. The van der Waals surface area contributed by atoms with Gasteiger partial charge in [-0.3, -0.25) is 9.59 Å². The van der Waals surface area contributed by atoms with Crippen molar-refractivity contribution >= 4 is 5.78 Å². The van der Waals surface area contributed by atoms with Gasteiger partial charge in [0, 0.05) is 17.8 Å². The Morgan fingerprint density at radius 1 is 1.12 bits per heavy atom. The van der Waals surface area contributed by atoms with Crippen LogP contribution in [-0.2, 0) is 6.18 Å². The molecule has 0 spiro atoms. The molecule has 3 rings (SSSR count). The van der Waals surface area contributed by atoms with Crippen molar-refractivity contribution in [1.82, 2.24) is 4.57 Å². The van der Waals surface area contributed by atoms with Gasteiger partial charge in [-0.25, -0.2) is 0 Å². The number of aliphatic hydroxyl groups is 1. The molecule has 1 aliphatic rings. The van der Waals surface area contributed by atoms with Gasteiger partial charge in [-0.15, -0.1) is 0 Å². The fraction of sp³-hybridized carbons (Fsp3) is 0.333. The predicted octanol–water partition coefficient (Wildman–Crippen LogP) is 3.04. The largest absolute Gasteiger partial charge is 0.416 e. The van der Waals surface area contributed by atoms with E-state index in [4.69, 9.17) is 0 Å². The average Bonchev–Trinajstić information content (AvgIpc) is 2.54. The molecule has 2 atom stereocenters. The zero-order chi connectivity index (χ0) is 18.6. The molecule has 0 radical (unpaired) electrons. The zero-order valence-electron chi connectivity index (χ0n) is 13.5. The summed E-state index contributed by atoms with van der Waals surface area (Å²) in [5.41, 5.74) is -2.56. The number of ketones is 1. The van der Waals surface area contributed by atoms with Crippen LogP contribution in [-0.4, -0.2) is 21.6 Å². The van der Waals surface area contributed by atoms with Crippen molar-refractivity contribution in [2.45, 2.75) is 32.2 Å². The normalized spacial score (nSPS) is 22.6. The van der Waals surface area contributed by atoms with E-state index in [-0.39, 0.29) is 11.1 Å². The van der Waals surface area contributed by atoms with E-state index in [1.54, 1.807) is 6.07 Å². The van der Waals surface area contributed by atoms with Gasteiger partial charge in [0.25, 0.3) is 5.56 Å². The highest BCUT2D eigenvalue weighted by Gasteiger charge is 2.48. The Hall–Kier alpha value is -2.41. The molecule has 1 aliphatic carbocycles. The molecule has 0 unspecified atom stereocenters. The van der Waals surface area contributed by atoms with Crippen LogP contribution in [0.15, 0.2) is 47.4 Å². The van der Waals surface area contributed by atoms with E-state index in [1.807, 2.05) is 0 Å². The third-order valence-corrected chi connectivity index (χ3v) is 4.72. The molecule has 1 heterocycles. The van der Waals surface area contributed by atoms with Gasteiger partial charge in [0.05, 0.1) is 23.1 Å². The van der Waals surface area contributed by atoms with Crippen molar-refractivity contribution in [3.05, 3.63) is 69.6 Å². The van der Waals surface area contributed by atoms with Gasteiger partial charge in [-0.05, 0) is 37.6 Å². The fourth-order valence-corrected chi connectivity index (χ4v) is 3.21. The first-order chi connectivity index (χ1) is 11.5. The Bertz CT molecular complexity index is 899. The smallest absolute Gasteiger partial charge is 0.390 e. The molecule has 2 aromatic rings. The number of alkyl halides is 3. The highest BCUT2D eigenvalue weighted by atomic mass is 19.4. The van der Waals surface area contributed by atoms with E-state index in [2.05, 4.69) is 0 Å². The number of hydrogen-bond acceptors (Lipinski definition) is 3. The minimum absolute atomic E-state index is 0.0000463. The van der Waals surface area contributed by atoms with E-state index in [9.17, 15) is 27.9 Å². The van der Waals surface area contributed by atoms with Crippen LogP contribution in [0.2, 0.25) is 0 Å². The third-order valence-electron chi connectivity index (χ3n) is 4.72. The molecular formula is C18H16F3NO3. The standard InChI is InChI=1S/C18H16F3NO3/c1-17(2)15(24)11-7-6-10(18(19,20)21)9-12(11)14(16(17)25)22-8-4-3-5-13(22)23/h3-9,14,16,25H,1-2H3/t14-,16+/m1/s1. The lowest BCUT2D eigenvalue weighted by Crippen LogP contribution is -2.49. The predicted molar refractivity (Wildman–Crippen MR) is 84.4 cm³/mol. The Balaban J connectivity index is 2.32. The number of pyridine rings is 1. The molecule has 0 saturated heterocycles. The van der Waals surface area contributed by atoms with Crippen LogP contribution in [0.5, 0.6) is 0 Å². The van der Waals surface area contributed by atoms with Crippen molar-refractivity contribution in [2.24, 2.45) is 5.41 Å². The molecule has 132 valence electrons. The first kappa shape index (κ1) is 17.4. The number of aromatic nitrogens is 1. The second-order valence-corrected chi connectivity index (χ2v) is 6.69. The summed E-state index contributed by atoms with van der Waals surface area (Å²) >= 11 is 0. The number of halogens is 3. The van der Waals surface area contributed by atoms with Crippen LogP contribution >= 0.6 is 0 Å². The molecule has 7 heteroatoms. The number of rotatable bonds is 1. The van der Waals surface area contributed by atoms with E-state index < -0.39 is 40.6 Å². The van der Waals surface area contributed by atoms with Crippen LogP contribution in [0.3, 0.4) is 0 Å². The molecule has 0 fully saturated rings. The van der Waals surface area contributed by atoms with Crippen molar-refractivity contribution < 1.29 is 23.1 Å². The summed E-state index contributed by atoms with van der Waals surface area (Å²) in [6, 6.07) is 6.02. The van der Waals surface area contributed by atoms with E-state index in [1.165, 1.54) is 32.2 Å². The summed E-state index contributed by atoms with van der Waals surface area (Å²) in [6.07, 6.45) is -4.55. The molecular weight excluding hydrogens is 335 g/mol. The Morgan fingerprint density at radius 3 is 2.40 bits per heavy atom. The summed E-state index contributed by atoms with van der Waals surface area (Å²) in [4.78, 5) is 24.8. The fourth-order valence-electron chi connectivity index (χ4n) is 3.21. The molecule has 1 aromatic heterocycles. The highest BCUT2D eigenvalue weighted by molar-refractivity contribution is 6.03. The number of Topliss-reactive ketones (excluding diaryl/α,β-unsaturated/α-hetero) is 1. The van der Waals surface area contributed by atoms with Crippen LogP contribution in [0.4, 0.5) is 13.2 Å².